The summed E-state index contributed by atoms with van der Waals surface area (Å²) < 4.78 is 0. The Kier molecular flexibility index (Phi) is 2.28. The van der Waals surface area contributed by atoms with Crippen LogP contribution in [0.3, 0.4) is 0 Å². The fraction of sp³-hybridized carbons (Fsp3) is 0.583. The summed E-state index contributed by atoms with van der Waals surface area (Å²) in [4.78, 5) is 21.7. The molecule has 2 aliphatic rings. The molecule has 1 spiro atoms. The Bertz CT molecular complexity index is 431. The lowest BCUT2D eigenvalue weighted by atomic mass is 9.63. The van der Waals surface area contributed by atoms with Crippen molar-refractivity contribution in [2.45, 2.75) is 19.3 Å². The number of carboxylic acids is 1. The van der Waals surface area contributed by atoms with Crippen LogP contribution >= 0.6 is 0 Å². The molecule has 2 heterocycles. The van der Waals surface area contributed by atoms with Crippen LogP contribution in [0.2, 0.25) is 0 Å². The van der Waals surface area contributed by atoms with Gasteiger partial charge in [0.05, 0.1) is 12.1 Å². The third kappa shape index (κ3) is 1.57. The number of carbonyl (C=O) groups is 1. The molecule has 5 heteroatoms. The Balaban J connectivity index is 1.85. The van der Waals surface area contributed by atoms with Crippen molar-refractivity contribution in [1.82, 2.24) is 9.97 Å². The molecule has 2 fully saturated rings. The SMILES string of the molecule is O=C(O)[C@H]1CN(c2cnccn2)CC12CCC2. The van der Waals surface area contributed by atoms with Crippen LogP contribution in [0.1, 0.15) is 19.3 Å². The molecular weight excluding hydrogens is 218 g/mol. The van der Waals surface area contributed by atoms with Crippen LogP contribution in [0.4, 0.5) is 5.82 Å². The molecule has 0 amide bonds. The van der Waals surface area contributed by atoms with Crippen LogP contribution in [0.15, 0.2) is 18.6 Å². The lowest BCUT2D eigenvalue weighted by Crippen LogP contribution is -2.40. The summed E-state index contributed by atoms with van der Waals surface area (Å²) in [5.74, 6) is -0.128. The van der Waals surface area contributed by atoms with Gasteiger partial charge in [-0.05, 0) is 12.8 Å². The minimum atomic E-state index is -0.670. The van der Waals surface area contributed by atoms with E-state index in [-0.39, 0.29) is 11.3 Å². The fourth-order valence-electron chi connectivity index (χ4n) is 3.08. The average molecular weight is 233 g/mol. The molecule has 1 aromatic rings. The molecule has 1 saturated carbocycles. The van der Waals surface area contributed by atoms with Gasteiger partial charge in [-0.3, -0.25) is 9.78 Å². The van der Waals surface area contributed by atoms with Crippen molar-refractivity contribution in [3.05, 3.63) is 18.6 Å². The highest BCUT2D eigenvalue weighted by Crippen LogP contribution is 2.52. The minimum Gasteiger partial charge on any atom is -0.481 e. The van der Waals surface area contributed by atoms with Crippen molar-refractivity contribution in [2.24, 2.45) is 11.3 Å². The Labute approximate surface area is 99.5 Å². The first-order valence-electron chi connectivity index (χ1n) is 5.95. The zero-order valence-electron chi connectivity index (χ0n) is 9.54. The van der Waals surface area contributed by atoms with Crippen molar-refractivity contribution in [2.75, 3.05) is 18.0 Å². The number of aromatic nitrogens is 2. The van der Waals surface area contributed by atoms with Gasteiger partial charge in [0, 0.05) is 30.9 Å². The number of nitrogens with zero attached hydrogens (tertiary/aromatic N) is 3. The standard InChI is InChI=1S/C12H15N3O2/c16-11(17)9-7-15(8-12(9)2-1-3-12)10-6-13-4-5-14-10/h4-6,9H,1-3,7-8H2,(H,16,17)/t9-/m1/s1. The van der Waals surface area contributed by atoms with E-state index >= 15 is 0 Å². The van der Waals surface area contributed by atoms with Gasteiger partial charge in [0.2, 0.25) is 0 Å². The fourth-order valence-corrected chi connectivity index (χ4v) is 3.08. The maximum Gasteiger partial charge on any atom is 0.308 e. The molecule has 1 aliphatic carbocycles. The molecule has 1 N–H and O–H groups in total. The van der Waals surface area contributed by atoms with Crippen molar-refractivity contribution in [3.63, 3.8) is 0 Å². The number of hydrogen-bond acceptors (Lipinski definition) is 4. The Morgan fingerprint density at radius 3 is 2.76 bits per heavy atom. The number of hydrogen-bond donors (Lipinski definition) is 1. The van der Waals surface area contributed by atoms with E-state index in [9.17, 15) is 9.90 Å². The normalized spacial score (nSPS) is 25.9. The monoisotopic (exact) mass is 233 g/mol. The lowest BCUT2D eigenvalue weighted by molar-refractivity contribution is -0.146. The molecule has 3 rings (SSSR count). The van der Waals surface area contributed by atoms with Crippen molar-refractivity contribution in [3.8, 4) is 0 Å². The predicted octanol–water partition coefficient (Wildman–Crippen LogP) is 1.17. The summed E-state index contributed by atoms with van der Waals surface area (Å²) >= 11 is 0. The minimum absolute atomic E-state index is 0.0106. The molecule has 0 unspecified atom stereocenters. The van der Waals surface area contributed by atoms with E-state index in [1.807, 2.05) is 0 Å². The van der Waals surface area contributed by atoms with E-state index in [4.69, 9.17) is 0 Å². The summed E-state index contributed by atoms with van der Waals surface area (Å²) in [6, 6.07) is 0. The summed E-state index contributed by atoms with van der Waals surface area (Å²) in [6.45, 7) is 1.37. The van der Waals surface area contributed by atoms with Crippen LogP contribution in [0, 0.1) is 11.3 Å². The lowest BCUT2D eigenvalue weighted by Gasteiger charge is -2.41. The van der Waals surface area contributed by atoms with Gasteiger partial charge in [-0.25, -0.2) is 4.98 Å². The molecule has 0 radical (unpaired) electrons. The van der Waals surface area contributed by atoms with Gasteiger partial charge in [-0.1, -0.05) is 6.42 Å². The number of aliphatic carboxylic acids is 1. The van der Waals surface area contributed by atoms with Crippen molar-refractivity contribution >= 4 is 11.8 Å². The predicted molar refractivity (Wildman–Crippen MR) is 61.7 cm³/mol. The molecule has 1 saturated heterocycles. The van der Waals surface area contributed by atoms with E-state index in [1.165, 1.54) is 0 Å². The highest BCUT2D eigenvalue weighted by Gasteiger charge is 2.53. The van der Waals surface area contributed by atoms with E-state index in [0.717, 1.165) is 31.6 Å². The Morgan fingerprint density at radius 1 is 1.47 bits per heavy atom. The molecule has 0 bridgehead atoms. The second-order valence-corrected chi connectivity index (χ2v) is 5.05. The Hall–Kier alpha value is -1.65. The summed E-state index contributed by atoms with van der Waals surface area (Å²) in [5, 5.41) is 9.32. The van der Waals surface area contributed by atoms with E-state index in [1.54, 1.807) is 18.6 Å². The largest absolute Gasteiger partial charge is 0.481 e. The third-order valence-electron chi connectivity index (χ3n) is 4.17. The summed E-state index contributed by atoms with van der Waals surface area (Å²) in [7, 11) is 0. The van der Waals surface area contributed by atoms with Gasteiger partial charge in [0.15, 0.2) is 0 Å². The zero-order valence-corrected chi connectivity index (χ0v) is 9.54. The summed E-state index contributed by atoms with van der Waals surface area (Å²) in [5.41, 5.74) is -0.0106. The molecule has 5 nitrogen and oxygen atoms in total. The number of anilines is 1. The topological polar surface area (TPSA) is 66.3 Å². The van der Waals surface area contributed by atoms with Gasteiger partial charge >= 0.3 is 5.97 Å². The van der Waals surface area contributed by atoms with Crippen LogP contribution in [0.25, 0.3) is 0 Å². The number of rotatable bonds is 2. The zero-order chi connectivity index (χ0) is 11.9. The van der Waals surface area contributed by atoms with Gasteiger partial charge in [-0.15, -0.1) is 0 Å². The molecule has 1 aromatic heterocycles. The quantitative estimate of drug-likeness (QED) is 0.830. The number of carboxylic acid groups (broad SMARTS) is 1. The average Bonchev–Trinajstić information content (AvgIpc) is 2.70. The molecular formula is C12H15N3O2. The van der Waals surface area contributed by atoms with Crippen LogP contribution in [0.5, 0.6) is 0 Å². The van der Waals surface area contributed by atoms with Gasteiger partial charge in [0.1, 0.15) is 5.82 Å². The van der Waals surface area contributed by atoms with Gasteiger partial charge in [-0.2, -0.15) is 0 Å². The van der Waals surface area contributed by atoms with Crippen LogP contribution in [-0.2, 0) is 4.79 Å². The smallest absolute Gasteiger partial charge is 0.308 e. The maximum atomic E-state index is 11.3. The molecule has 1 aliphatic heterocycles. The van der Waals surface area contributed by atoms with E-state index in [0.29, 0.717) is 6.54 Å². The van der Waals surface area contributed by atoms with Crippen LogP contribution < -0.4 is 4.90 Å². The molecule has 1 atom stereocenters. The first-order valence-corrected chi connectivity index (χ1v) is 5.95. The molecule has 0 aromatic carbocycles. The molecule has 90 valence electrons. The van der Waals surface area contributed by atoms with Crippen LogP contribution in [-0.4, -0.2) is 34.1 Å². The highest BCUT2D eigenvalue weighted by molar-refractivity contribution is 5.73. The first-order chi connectivity index (χ1) is 8.21. The molecule has 17 heavy (non-hydrogen) atoms. The van der Waals surface area contributed by atoms with E-state index in [2.05, 4.69) is 14.9 Å². The maximum absolute atomic E-state index is 11.3. The van der Waals surface area contributed by atoms with Crippen molar-refractivity contribution in [1.29, 1.82) is 0 Å². The second-order valence-electron chi connectivity index (χ2n) is 5.05. The summed E-state index contributed by atoms with van der Waals surface area (Å²) in [6.07, 6.45) is 8.19. The van der Waals surface area contributed by atoms with E-state index < -0.39 is 5.97 Å². The second kappa shape index (κ2) is 3.68. The van der Waals surface area contributed by atoms with Gasteiger partial charge < -0.3 is 10.0 Å². The van der Waals surface area contributed by atoms with Crippen molar-refractivity contribution < 1.29 is 9.90 Å². The Morgan fingerprint density at radius 2 is 2.29 bits per heavy atom. The third-order valence-corrected chi connectivity index (χ3v) is 4.17. The highest BCUT2D eigenvalue weighted by atomic mass is 16.4. The van der Waals surface area contributed by atoms with Gasteiger partial charge in [0.25, 0.3) is 0 Å². The first kappa shape index (κ1) is 10.5.